The highest BCUT2D eigenvalue weighted by molar-refractivity contribution is 14.1. The van der Waals surface area contributed by atoms with Crippen molar-refractivity contribution in [3.63, 3.8) is 0 Å². The van der Waals surface area contributed by atoms with Crippen LogP contribution in [-0.4, -0.2) is 12.0 Å². The number of hydrogen-bond donors (Lipinski definition) is 1. The highest BCUT2D eigenvalue weighted by Gasteiger charge is 2.17. The Morgan fingerprint density at radius 1 is 1.05 bits per heavy atom. The smallest absolute Gasteiger partial charge is 0.261 e. The Labute approximate surface area is 138 Å². The molecule has 4 heteroatoms. The van der Waals surface area contributed by atoms with E-state index in [-0.39, 0.29) is 11.9 Å². The zero-order valence-electron chi connectivity index (χ0n) is 12.0. The predicted octanol–water partition coefficient (Wildman–Crippen LogP) is 3.94. The zero-order valence-corrected chi connectivity index (χ0v) is 14.2. The van der Waals surface area contributed by atoms with Crippen molar-refractivity contribution in [1.29, 1.82) is 0 Å². The fourth-order valence-electron chi connectivity index (χ4n) is 1.93. The summed E-state index contributed by atoms with van der Waals surface area (Å²) in [5.74, 6) is 0.579. The van der Waals surface area contributed by atoms with Gasteiger partial charge >= 0.3 is 0 Å². The van der Waals surface area contributed by atoms with E-state index in [2.05, 4.69) is 27.9 Å². The van der Waals surface area contributed by atoms with E-state index in [9.17, 15) is 4.79 Å². The van der Waals surface area contributed by atoms with Crippen molar-refractivity contribution in [3.05, 3.63) is 63.7 Å². The van der Waals surface area contributed by atoms with Crippen LogP contribution in [0, 0.1) is 3.57 Å². The van der Waals surface area contributed by atoms with Crippen molar-refractivity contribution in [2.45, 2.75) is 26.0 Å². The summed E-state index contributed by atoms with van der Waals surface area (Å²) in [5.41, 5.74) is 1.08. The minimum atomic E-state index is -0.531. The second kappa shape index (κ2) is 7.45. The molecule has 0 bridgehead atoms. The molecule has 0 aromatic heterocycles. The topological polar surface area (TPSA) is 38.3 Å². The van der Waals surface area contributed by atoms with Gasteiger partial charge in [0.2, 0.25) is 0 Å². The van der Waals surface area contributed by atoms with Crippen molar-refractivity contribution in [2.75, 3.05) is 0 Å². The number of hydrogen-bond acceptors (Lipinski definition) is 2. The third-order valence-corrected chi connectivity index (χ3v) is 3.87. The van der Waals surface area contributed by atoms with Gasteiger partial charge in [0, 0.05) is 3.57 Å². The first-order chi connectivity index (χ1) is 10.1. The summed E-state index contributed by atoms with van der Waals surface area (Å²) in [6.45, 7) is 3.72. The molecule has 0 saturated carbocycles. The van der Waals surface area contributed by atoms with Crippen LogP contribution in [0.2, 0.25) is 0 Å². The molecule has 0 aliphatic rings. The lowest BCUT2D eigenvalue weighted by Crippen LogP contribution is -2.37. The summed E-state index contributed by atoms with van der Waals surface area (Å²) in [6.07, 6.45) is -0.531. The number of carbonyl (C=O) groups is 1. The molecule has 0 radical (unpaired) electrons. The van der Waals surface area contributed by atoms with Gasteiger partial charge in [0.05, 0.1) is 6.04 Å². The molecule has 2 rings (SSSR count). The Morgan fingerprint density at radius 2 is 1.67 bits per heavy atom. The van der Waals surface area contributed by atoms with Gasteiger partial charge in [0.1, 0.15) is 5.75 Å². The summed E-state index contributed by atoms with van der Waals surface area (Å²) >= 11 is 2.23. The van der Waals surface area contributed by atoms with Crippen LogP contribution in [0.15, 0.2) is 54.6 Å². The van der Waals surface area contributed by atoms with Crippen molar-refractivity contribution in [1.82, 2.24) is 5.32 Å². The molecule has 2 aromatic carbocycles. The molecular weight excluding hydrogens is 377 g/mol. The molecule has 0 spiro atoms. The average Bonchev–Trinajstić information content (AvgIpc) is 2.50. The molecule has 1 amide bonds. The Balaban J connectivity index is 1.92. The molecule has 0 saturated heterocycles. The Bertz CT molecular complexity index is 583. The van der Waals surface area contributed by atoms with Crippen LogP contribution < -0.4 is 10.1 Å². The molecule has 3 nitrogen and oxygen atoms in total. The highest BCUT2D eigenvalue weighted by Crippen LogP contribution is 2.16. The maximum atomic E-state index is 12.2. The molecule has 21 heavy (non-hydrogen) atoms. The lowest BCUT2D eigenvalue weighted by molar-refractivity contribution is -0.127. The van der Waals surface area contributed by atoms with E-state index in [1.54, 1.807) is 6.92 Å². The molecule has 0 heterocycles. The predicted molar refractivity (Wildman–Crippen MR) is 92.2 cm³/mol. The fourth-order valence-corrected chi connectivity index (χ4v) is 2.29. The number of rotatable bonds is 5. The Kier molecular flexibility index (Phi) is 5.61. The lowest BCUT2D eigenvalue weighted by atomic mass is 10.1. The van der Waals surface area contributed by atoms with Crippen molar-refractivity contribution >= 4 is 28.5 Å². The second-order valence-electron chi connectivity index (χ2n) is 4.85. The van der Waals surface area contributed by atoms with E-state index in [1.807, 2.05) is 61.5 Å². The van der Waals surface area contributed by atoms with Gasteiger partial charge in [-0.15, -0.1) is 0 Å². The van der Waals surface area contributed by atoms with Gasteiger partial charge in [-0.25, -0.2) is 0 Å². The highest BCUT2D eigenvalue weighted by atomic mass is 127. The normalized spacial score (nSPS) is 13.3. The van der Waals surface area contributed by atoms with Crippen LogP contribution >= 0.6 is 22.6 Å². The summed E-state index contributed by atoms with van der Waals surface area (Å²) in [7, 11) is 0. The van der Waals surface area contributed by atoms with Gasteiger partial charge in [-0.05, 0) is 66.3 Å². The molecule has 0 fully saturated rings. The van der Waals surface area contributed by atoms with Gasteiger partial charge in [-0.1, -0.05) is 30.3 Å². The molecule has 0 aliphatic heterocycles. The first kappa shape index (κ1) is 15.8. The SMILES string of the molecule is CC(Oc1ccc(I)cc1)C(=O)NC(C)c1ccccc1. The van der Waals surface area contributed by atoms with Crippen LogP contribution in [0.25, 0.3) is 0 Å². The monoisotopic (exact) mass is 395 g/mol. The number of halogens is 1. The van der Waals surface area contributed by atoms with Crippen LogP contribution in [0.4, 0.5) is 0 Å². The van der Waals surface area contributed by atoms with Crippen LogP contribution in [0.3, 0.4) is 0 Å². The largest absolute Gasteiger partial charge is 0.481 e. The molecule has 1 N–H and O–H groups in total. The van der Waals surface area contributed by atoms with Gasteiger partial charge < -0.3 is 10.1 Å². The third kappa shape index (κ3) is 4.74. The number of nitrogens with one attached hydrogen (secondary N) is 1. The minimum Gasteiger partial charge on any atom is -0.481 e. The number of benzene rings is 2. The number of amides is 1. The third-order valence-electron chi connectivity index (χ3n) is 3.15. The Hall–Kier alpha value is -1.56. The average molecular weight is 395 g/mol. The van der Waals surface area contributed by atoms with E-state index in [0.29, 0.717) is 5.75 Å². The lowest BCUT2D eigenvalue weighted by Gasteiger charge is -2.19. The maximum absolute atomic E-state index is 12.2. The quantitative estimate of drug-likeness (QED) is 0.780. The van der Waals surface area contributed by atoms with E-state index < -0.39 is 6.10 Å². The molecule has 2 unspecified atom stereocenters. The molecular formula is C17H18INO2. The second-order valence-corrected chi connectivity index (χ2v) is 6.10. The van der Waals surface area contributed by atoms with Crippen LogP contribution in [0.5, 0.6) is 5.75 Å². The number of ether oxygens (including phenoxy) is 1. The maximum Gasteiger partial charge on any atom is 0.261 e. The first-order valence-electron chi connectivity index (χ1n) is 6.84. The first-order valence-corrected chi connectivity index (χ1v) is 7.91. The van der Waals surface area contributed by atoms with Crippen molar-refractivity contribution in [2.24, 2.45) is 0 Å². The van der Waals surface area contributed by atoms with Gasteiger partial charge in [-0.3, -0.25) is 4.79 Å². The molecule has 0 aliphatic carbocycles. The van der Waals surface area contributed by atoms with E-state index >= 15 is 0 Å². The number of carbonyl (C=O) groups excluding carboxylic acids is 1. The van der Waals surface area contributed by atoms with Crippen molar-refractivity contribution < 1.29 is 9.53 Å². The van der Waals surface area contributed by atoms with Gasteiger partial charge in [0.15, 0.2) is 6.10 Å². The summed E-state index contributed by atoms with van der Waals surface area (Å²) in [4.78, 5) is 12.2. The van der Waals surface area contributed by atoms with Crippen LogP contribution in [-0.2, 0) is 4.79 Å². The fraction of sp³-hybridized carbons (Fsp3) is 0.235. The molecule has 110 valence electrons. The summed E-state index contributed by atoms with van der Waals surface area (Å²) < 4.78 is 6.79. The van der Waals surface area contributed by atoms with Gasteiger partial charge in [0.25, 0.3) is 5.91 Å². The van der Waals surface area contributed by atoms with E-state index in [1.165, 1.54) is 0 Å². The van der Waals surface area contributed by atoms with E-state index in [4.69, 9.17) is 4.74 Å². The summed E-state index contributed by atoms with van der Waals surface area (Å²) in [6, 6.07) is 17.5. The standard InChI is InChI=1S/C17H18INO2/c1-12(14-6-4-3-5-7-14)19-17(20)13(2)21-16-10-8-15(18)9-11-16/h3-13H,1-2H3,(H,19,20). The van der Waals surface area contributed by atoms with Gasteiger partial charge in [-0.2, -0.15) is 0 Å². The van der Waals surface area contributed by atoms with Crippen LogP contribution in [0.1, 0.15) is 25.5 Å². The zero-order chi connectivity index (χ0) is 15.2. The Morgan fingerprint density at radius 3 is 2.29 bits per heavy atom. The summed E-state index contributed by atoms with van der Waals surface area (Å²) in [5, 5.41) is 2.96. The minimum absolute atomic E-state index is 0.0403. The molecule has 2 atom stereocenters. The molecule has 2 aromatic rings. The van der Waals surface area contributed by atoms with Crippen molar-refractivity contribution in [3.8, 4) is 5.75 Å². The van der Waals surface area contributed by atoms with E-state index in [0.717, 1.165) is 9.13 Å².